The lowest BCUT2D eigenvalue weighted by atomic mass is 9.86. The molecule has 0 saturated carbocycles. The molecule has 0 radical (unpaired) electrons. The third kappa shape index (κ3) is 3.46. The summed E-state index contributed by atoms with van der Waals surface area (Å²) in [5.41, 5.74) is 5.66. The Bertz CT molecular complexity index is 1030. The minimum Gasteiger partial charge on any atom is -0.443 e. The van der Waals surface area contributed by atoms with Crippen molar-refractivity contribution in [3.63, 3.8) is 0 Å². The summed E-state index contributed by atoms with van der Waals surface area (Å²) in [6.45, 7) is 5.48. The van der Waals surface area contributed by atoms with Crippen LogP contribution in [0.2, 0.25) is 0 Å². The summed E-state index contributed by atoms with van der Waals surface area (Å²) in [4.78, 5) is 6.73. The molecule has 2 aliphatic rings. The molecule has 2 aromatic carbocycles. The van der Waals surface area contributed by atoms with Crippen molar-refractivity contribution in [1.29, 1.82) is 5.26 Å². The fourth-order valence-electron chi connectivity index (χ4n) is 4.87. The van der Waals surface area contributed by atoms with Crippen molar-refractivity contribution in [2.24, 2.45) is 5.41 Å². The highest BCUT2D eigenvalue weighted by atomic mass is 16.3. The average Bonchev–Trinajstić information content (AvgIpc) is 3.52. The lowest BCUT2D eigenvalue weighted by Gasteiger charge is -2.24. The fraction of sp³-hybridized carbons (Fsp3) is 0.333. The van der Waals surface area contributed by atoms with Crippen LogP contribution in [0, 0.1) is 16.7 Å². The van der Waals surface area contributed by atoms with E-state index in [1.807, 2.05) is 24.3 Å². The van der Waals surface area contributed by atoms with Crippen LogP contribution in [0.4, 0.5) is 0 Å². The van der Waals surface area contributed by atoms with Gasteiger partial charge >= 0.3 is 0 Å². The topological polar surface area (TPSA) is 65.1 Å². The van der Waals surface area contributed by atoms with E-state index in [2.05, 4.69) is 39.5 Å². The molecule has 0 bridgehead atoms. The number of oxazole rings is 1. The number of likely N-dealkylation sites (tertiary alicyclic amines) is 1. The SMILES string of the molecule is N#Cc1ccc(-c2cccc(CN3CCC4(CCNC4)C3)c2-c2cnco2)cc1. The quantitative estimate of drug-likeness (QED) is 0.735. The van der Waals surface area contributed by atoms with Crippen molar-refractivity contribution in [3.8, 4) is 28.5 Å². The summed E-state index contributed by atoms with van der Waals surface area (Å²) >= 11 is 0. The van der Waals surface area contributed by atoms with Gasteiger partial charge in [-0.3, -0.25) is 4.90 Å². The lowest BCUT2D eigenvalue weighted by molar-refractivity contribution is 0.269. The standard InChI is InChI=1S/C24H24N4O/c25-12-18-4-6-19(7-5-18)21-3-1-2-20(23(21)22-13-27-17-29-22)14-28-11-9-24(16-28)8-10-26-15-24/h1-7,13,17,26H,8-11,14-16H2. The summed E-state index contributed by atoms with van der Waals surface area (Å²) in [5.74, 6) is 0.788. The van der Waals surface area contributed by atoms with Gasteiger partial charge in [0.1, 0.15) is 0 Å². The maximum atomic E-state index is 9.11. The molecule has 2 fully saturated rings. The second kappa shape index (κ2) is 7.47. The maximum Gasteiger partial charge on any atom is 0.181 e. The van der Waals surface area contributed by atoms with Crippen molar-refractivity contribution >= 4 is 0 Å². The highest BCUT2D eigenvalue weighted by molar-refractivity contribution is 5.83. The van der Waals surface area contributed by atoms with Crippen molar-refractivity contribution in [3.05, 3.63) is 66.2 Å². The molecule has 2 aliphatic heterocycles. The van der Waals surface area contributed by atoms with Gasteiger partial charge in [0.2, 0.25) is 0 Å². The molecular formula is C24H24N4O. The Balaban J connectivity index is 1.51. The molecule has 1 unspecified atom stereocenters. The molecule has 0 amide bonds. The van der Waals surface area contributed by atoms with E-state index in [-0.39, 0.29) is 0 Å². The summed E-state index contributed by atoms with van der Waals surface area (Å²) < 4.78 is 5.73. The van der Waals surface area contributed by atoms with Crippen LogP contribution in [0.5, 0.6) is 0 Å². The molecule has 29 heavy (non-hydrogen) atoms. The summed E-state index contributed by atoms with van der Waals surface area (Å²) in [6.07, 6.45) is 5.83. The first kappa shape index (κ1) is 18.1. The molecule has 1 aromatic heterocycles. The van der Waals surface area contributed by atoms with Crippen molar-refractivity contribution in [2.45, 2.75) is 19.4 Å². The number of nitrogens with one attached hydrogen (secondary N) is 1. The van der Waals surface area contributed by atoms with Gasteiger partial charge in [-0.05, 0) is 60.2 Å². The molecule has 3 aromatic rings. The molecule has 5 nitrogen and oxygen atoms in total. The van der Waals surface area contributed by atoms with Crippen molar-refractivity contribution in [2.75, 3.05) is 26.2 Å². The number of nitrogens with zero attached hydrogens (tertiary/aromatic N) is 3. The monoisotopic (exact) mass is 384 g/mol. The van der Waals surface area contributed by atoms with Crippen LogP contribution in [-0.2, 0) is 6.54 Å². The van der Waals surface area contributed by atoms with Crippen LogP contribution in [0.1, 0.15) is 24.0 Å². The van der Waals surface area contributed by atoms with E-state index in [0.29, 0.717) is 11.0 Å². The van der Waals surface area contributed by atoms with Crippen LogP contribution in [0.25, 0.3) is 22.5 Å². The van der Waals surface area contributed by atoms with E-state index in [1.165, 1.54) is 24.8 Å². The van der Waals surface area contributed by atoms with Crippen LogP contribution in [0.15, 0.2) is 59.5 Å². The molecule has 146 valence electrons. The van der Waals surface area contributed by atoms with Gasteiger partial charge in [-0.1, -0.05) is 30.3 Å². The Labute approximate surface area is 171 Å². The second-order valence-corrected chi connectivity index (χ2v) is 8.28. The fourth-order valence-corrected chi connectivity index (χ4v) is 4.87. The first-order valence-electron chi connectivity index (χ1n) is 10.2. The molecule has 5 heteroatoms. The van der Waals surface area contributed by atoms with Crippen molar-refractivity contribution < 1.29 is 4.42 Å². The zero-order valence-electron chi connectivity index (χ0n) is 16.4. The number of hydrogen-bond donors (Lipinski definition) is 1. The number of aromatic nitrogens is 1. The third-order valence-electron chi connectivity index (χ3n) is 6.40. The summed E-state index contributed by atoms with van der Waals surface area (Å²) in [5, 5.41) is 12.7. The zero-order valence-corrected chi connectivity index (χ0v) is 16.4. The zero-order chi connectivity index (χ0) is 19.7. The Morgan fingerprint density at radius 1 is 1.17 bits per heavy atom. The van der Waals surface area contributed by atoms with E-state index in [0.717, 1.165) is 55.2 Å². The van der Waals surface area contributed by atoms with Gasteiger partial charge in [0, 0.05) is 25.2 Å². The van der Waals surface area contributed by atoms with Gasteiger partial charge in [0.05, 0.1) is 17.8 Å². The van der Waals surface area contributed by atoms with Crippen LogP contribution in [-0.4, -0.2) is 36.1 Å². The van der Waals surface area contributed by atoms with Crippen LogP contribution in [0.3, 0.4) is 0 Å². The Morgan fingerprint density at radius 2 is 2.07 bits per heavy atom. The summed E-state index contributed by atoms with van der Waals surface area (Å²) in [6, 6.07) is 16.4. The van der Waals surface area contributed by atoms with Gasteiger partial charge in [-0.2, -0.15) is 5.26 Å². The molecule has 5 rings (SSSR count). The van der Waals surface area contributed by atoms with Crippen LogP contribution < -0.4 is 5.32 Å². The Kier molecular flexibility index (Phi) is 4.67. The van der Waals surface area contributed by atoms with E-state index < -0.39 is 0 Å². The molecular weight excluding hydrogens is 360 g/mol. The Morgan fingerprint density at radius 3 is 2.79 bits per heavy atom. The molecule has 0 aliphatic carbocycles. The maximum absolute atomic E-state index is 9.11. The smallest absolute Gasteiger partial charge is 0.181 e. The number of rotatable bonds is 4. The Hall–Kier alpha value is -2.94. The molecule has 1 atom stereocenters. The predicted octanol–water partition coefficient (Wildman–Crippen LogP) is 4.07. The van der Waals surface area contributed by atoms with E-state index in [1.54, 1.807) is 6.20 Å². The minimum absolute atomic E-state index is 0.455. The lowest BCUT2D eigenvalue weighted by Crippen LogP contribution is -2.29. The van der Waals surface area contributed by atoms with Gasteiger partial charge in [0.15, 0.2) is 12.2 Å². The van der Waals surface area contributed by atoms with E-state index >= 15 is 0 Å². The average molecular weight is 384 g/mol. The first-order chi connectivity index (χ1) is 14.3. The number of hydrogen-bond acceptors (Lipinski definition) is 5. The van der Waals surface area contributed by atoms with Gasteiger partial charge < -0.3 is 9.73 Å². The van der Waals surface area contributed by atoms with E-state index in [4.69, 9.17) is 9.68 Å². The van der Waals surface area contributed by atoms with Gasteiger partial charge in [-0.15, -0.1) is 0 Å². The molecule has 2 saturated heterocycles. The molecule has 1 spiro atoms. The number of nitriles is 1. The molecule has 3 heterocycles. The minimum atomic E-state index is 0.455. The van der Waals surface area contributed by atoms with Gasteiger partial charge in [0.25, 0.3) is 0 Å². The normalized spacial score (nSPS) is 21.6. The highest BCUT2D eigenvalue weighted by Crippen LogP contribution is 2.39. The largest absolute Gasteiger partial charge is 0.443 e. The van der Waals surface area contributed by atoms with Crippen LogP contribution >= 0.6 is 0 Å². The predicted molar refractivity (Wildman–Crippen MR) is 112 cm³/mol. The van der Waals surface area contributed by atoms with Gasteiger partial charge in [-0.25, -0.2) is 4.98 Å². The summed E-state index contributed by atoms with van der Waals surface area (Å²) in [7, 11) is 0. The molecule has 1 N–H and O–H groups in total. The number of benzene rings is 2. The first-order valence-corrected chi connectivity index (χ1v) is 10.2. The second-order valence-electron chi connectivity index (χ2n) is 8.28. The van der Waals surface area contributed by atoms with Crippen molar-refractivity contribution in [1.82, 2.24) is 15.2 Å². The third-order valence-corrected chi connectivity index (χ3v) is 6.40. The highest BCUT2D eigenvalue weighted by Gasteiger charge is 2.40. The van der Waals surface area contributed by atoms with E-state index in [9.17, 15) is 0 Å².